The van der Waals surface area contributed by atoms with Crippen LogP contribution in [0.1, 0.15) is 27.0 Å². The van der Waals surface area contributed by atoms with Gasteiger partial charge in [0, 0.05) is 21.6 Å². The number of aryl methyl sites for hydroxylation is 2. The zero-order valence-corrected chi connectivity index (χ0v) is 16.0. The summed E-state index contributed by atoms with van der Waals surface area (Å²) in [4.78, 5) is 14.4. The van der Waals surface area contributed by atoms with Crippen LogP contribution < -0.4 is 0 Å². The van der Waals surface area contributed by atoms with Gasteiger partial charge in [0.1, 0.15) is 0 Å². The van der Waals surface area contributed by atoms with Gasteiger partial charge in [-0.3, -0.25) is 4.79 Å². The van der Waals surface area contributed by atoms with Gasteiger partial charge in [0.15, 0.2) is 0 Å². The van der Waals surface area contributed by atoms with Gasteiger partial charge in [-0.1, -0.05) is 39.7 Å². The summed E-state index contributed by atoms with van der Waals surface area (Å²) in [5.74, 6) is 0.0423. The van der Waals surface area contributed by atoms with Gasteiger partial charge in [0.05, 0.1) is 5.56 Å². The molecule has 0 saturated heterocycles. The molecule has 0 aromatic heterocycles. The number of amides is 1. The number of hydrogen-bond donors (Lipinski definition) is 0. The highest BCUT2D eigenvalue weighted by molar-refractivity contribution is 14.1. The van der Waals surface area contributed by atoms with Crippen LogP contribution in [0.3, 0.4) is 0 Å². The predicted molar refractivity (Wildman–Crippen MR) is 98.6 cm³/mol. The molecule has 1 amide bonds. The summed E-state index contributed by atoms with van der Waals surface area (Å²) < 4.78 is 1.89. The molecular weight excluding hydrogens is 441 g/mol. The van der Waals surface area contributed by atoms with Crippen LogP contribution in [0.15, 0.2) is 40.9 Å². The summed E-state index contributed by atoms with van der Waals surface area (Å²) in [5, 5.41) is 0. The van der Waals surface area contributed by atoms with E-state index >= 15 is 0 Å². The molecule has 2 nitrogen and oxygen atoms in total. The third kappa shape index (κ3) is 4.07. The second kappa shape index (κ2) is 6.92. The molecule has 0 saturated carbocycles. The summed E-state index contributed by atoms with van der Waals surface area (Å²) in [6.07, 6.45) is 0. The van der Waals surface area contributed by atoms with Gasteiger partial charge >= 0.3 is 0 Å². The Hall–Kier alpha value is -0.880. The van der Waals surface area contributed by atoms with Crippen molar-refractivity contribution in [3.63, 3.8) is 0 Å². The van der Waals surface area contributed by atoms with Gasteiger partial charge in [-0.2, -0.15) is 0 Å². The fraction of sp³-hybridized carbons (Fsp3) is 0.235. The van der Waals surface area contributed by atoms with Crippen molar-refractivity contribution < 1.29 is 4.79 Å². The van der Waals surface area contributed by atoms with E-state index in [2.05, 4.69) is 70.6 Å². The molecule has 2 aromatic rings. The largest absolute Gasteiger partial charge is 0.337 e. The molecule has 2 rings (SSSR count). The number of carbonyl (C=O) groups excluding carboxylic acids is 1. The van der Waals surface area contributed by atoms with E-state index in [0.717, 1.165) is 13.6 Å². The molecular formula is C17H17BrINO. The van der Waals surface area contributed by atoms with Crippen LogP contribution in [0.25, 0.3) is 0 Å². The first-order valence-corrected chi connectivity index (χ1v) is 8.52. The summed E-state index contributed by atoms with van der Waals surface area (Å²) in [6.45, 7) is 4.78. The van der Waals surface area contributed by atoms with Crippen molar-refractivity contribution in [2.75, 3.05) is 7.05 Å². The van der Waals surface area contributed by atoms with Gasteiger partial charge in [-0.05, 0) is 65.8 Å². The van der Waals surface area contributed by atoms with Crippen molar-refractivity contribution in [1.29, 1.82) is 0 Å². The van der Waals surface area contributed by atoms with Crippen LogP contribution in [0.4, 0.5) is 0 Å². The number of benzene rings is 2. The van der Waals surface area contributed by atoms with Crippen molar-refractivity contribution in [2.45, 2.75) is 20.4 Å². The molecule has 0 unspecified atom stereocenters. The molecule has 21 heavy (non-hydrogen) atoms. The monoisotopic (exact) mass is 457 g/mol. The molecule has 2 aromatic carbocycles. The van der Waals surface area contributed by atoms with E-state index in [-0.39, 0.29) is 5.91 Å². The highest BCUT2D eigenvalue weighted by Gasteiger charge is 2.16. The minimum absolute atomic E-state index is 0.0423. The lowest BCUT2D eigenvalue weighted by Gasteiger charge is -2.19. The van der Waals surface area contributed by atoms with Gasteiger partial charge in [-0.25, -0.2) is 0 Å². The number of nitrogens with zero attached hydrogens (tertiary/aromatic N) is 1. The first kappa shape index (κ1) is 16.5. The average Bonchev–Trinajstić information content (AvgIpc) is 2.43. The number of hydrogen-bond acceptors (Lipinski definition) is 1. The maximum absolute atomic E-state index is 12.6. The van der Waals surface area contributed by atoms with Crippen molar-refractivity contribution in [3.8, 4) is 0 Å². The number of halogens is 2. The van der Waals surface area contributed by atoms with Crippen molar-refractivity contribution >= 4 is 44.4 Å². The van der Waals surface area contributed by atoms with E-state index in [9.17, 15) is 4.79 Å². The van der Waals surface area contributed by atoms with Gasteiger partial charge in [0.25, 0.3) is 5.91 Å². The molecule has 4 heteroatoms. The Kier molecular flexibility index (Phi) is 5.43. The van der Waals surface area contributed by atoms with E-state index < -0.39 is 0 Å². The van der Waals surface area contributed by atoms with Crippen LogP contribution in [0.2, 0.25) is 0 Å². The molecule has 0 heterocycles. The zero-order valence-electron chi connectivity index (χ0n) is 12.3. The van der Waals surface area contributed by atoms with Crippen molar-refractivity contribution in [2.24, 2.45) is 0 Å². The number of rotatable bonds is 3. The Morgan fingerprint density at radius 2 is 1.90 bits per heavy atom. The highest BCUT2D eigenvalue weighted by atomic mass is 127. The summed E-state index contributed by atoms with van der Waals surface area (Å²) in [7, 11) is 1.85. The Balaban J connectivity index is 2.21. The summed E-state index contributed by atoms with van der Waals surface area (Å²) in [5.41, 5.74) is 4.38. The Morgan fingerprint density at radius 3 is 2.57 bits per heavy atom. The Labute approximate surface area is 147 Å². The molecule has 0 aliphatic heterocycles. The maximum Gasteiger partial charge on any atom is 0.255 e. The van der Waals surface area contributed by atoms with Crippen LogP contribution in [-0.4, -0.2) is 17.9 Å². The van der Waals surface area contributed by atoms with Crippen molar-refractivity contribution in [3.05, 3.63) is 66.7 Å². The maximum atomic E-state index is 12.6. The first-order valence-electron chi connectivity index (χ1n) is 6.65. The molecule has 0 aliphatic carbocycles. The van der Waals surface area contributed by atoms with E-state index in [1.807, 2.05) is 25.2 Å². The van der Waals surface area contributed by atoms with Gasteiger partial charge < -0.3 is 4.90 Å². The Morgan fingerprint density at radius 1 is 1.19 bits per heavy atom. The third-order valence-electron chi connectivity index (χ3n) is 3.41. The summed E-state index contributed by atoms with van der Waals surface area (Å²) in [6, 6.07) is 12.1. The lowest BCUT2D eigenvalue weighted by Crippen LogP contribution is -2.27. The first-order chi connectivity index (χ1) is 9.88. The van der Waals surface area contributed by atoms with Crippen LogP contribution in [-0.2, 0) is 6.54 Å². The quantitative estimate of drug-likeness (QED) is 0.597. The standard InChI is InChI=1S/C17H17BrINO/c1-11-4-5-13(12(2)8-11)10-20(3)17(21)15-9-14(18)6-7-16(15)19/h4-9H,10H2,1-3H3. The van der Waals surface area contributed by atoms with Crippen LogP contribution >= 0.6 is 38.5 Å². The zero-order chi connectivity index (χ0) is 15.6. The second-order valence-electron chi connectivity index (χ2n) is 5.22. The van der Waals surface area contributed by atoms with Gasteiger partial charge in [-0.15, -0.1) is 0 Å². The van der Waals surface area contributed by atoms with E-state index in [0.29, 0.717) is 6.54 Å². The predicted octanol–water partition coefficient (Wildman–Crippen LogP) is 4.94. The smallest absolute Gasteiger partial charge is 0.255 e. The molecule has 0 radical (unpaired) electrons. The minimum atomic E-state index is 0.0423. The van der Waals surface area contributed by atoms with Crippen LogP contribution in [0, 0.1) is 17.4 Å². The molecule has 0 fully saturated rings. The average molecular weight is 458 g/mol. The Bertz CT molecular complexity index is 684. The highest BCUT2D eigenvalue weighted by Crippen LogP contribution is 2.21. The minimum Gasteiger partial charge on any atom is -0.337 e. The molecule has 0 bridgehead atoms. The number of carbonyl (C=O) groups is 1. The molecule has 0 N–H and O–H groups in total. The molecule has 110 valence electrons. The van der Waals surface area contributed by atoms with Crippen molar-refractivity contribution in [1.82, 2.24) is 4.90 Å². The van der Waals surface area contributed by atoms with E-state index in [1.54, 1.807) is 4.90 Å². The fourth-order valence-electron chi connectivity index (χ4n) is 2.22. The second-order valence-corrected chi connectivity index (χ2v) is 7.29. The lowest BCUT2D eigenvalue weighted by molar-refractivity contribution is 0.0784. The SMILES string of the molecule is Cc1ccc(CN(C)C(=O)c2cc(Br)ccc2I)c(C)c1. The van der Waals surface area contributed by atoms with Crippen LogP contribution in [0.5, 0.6) is 0 Å². The normalized spacial score (nSPS) is 10.5. The molecule has 0 atom stereocenters. The van der Waals surface area contributed by atoms with E-state index in [1.165, 1.54) is 16.7 Å². The lowest BCUT2D eigenvalue weighted by atomic mass is 10.1. The topological polar surface area (TPSA) is 20.3 Å². The molecule has 0 spiro atoms. The van der Waals surface area contributed by atoms with E-state index in [4.69, 9.17) is 0 Å². The fourth-order valence-corrected chi connectivity index (χ4v) is 3.14. The third-order valence-corrected chi connectivity index (χ3v) is 4.85. The van der Waals surface area contributed by atoms with Gasteiger partial charge in [0.2, 0.25) is 0 Å². The summed E-state index contributed by atoms with van der Waals surface area (Å²) >= 11 is 5.63. The molecule has 0 aliphatic rings.